The zero-order valence-corrected chi connectivity index (χ0v) is 17.6. The number of nitrogens with one attached hydrogen (secondary N) is 1. The maximum atomic E-state index is 12.6. The zero-order chi connectivity index (χ0) is 17.6. The third-order valence-electron chi connectivity index (χ3n) is 4.59. The highest BCUT2D eigenvalue weighted by Crippen LogP contribution is 2.27. The number of carbonyl (C=O) groups excluding carboxylic acids is 1. The molecule has 1 aromatic rings. The smallest absolute Gasteiger partial charge is 0.246 e. The Morgan fingerprint density at radius 1 is 1.38 bits per heavy atom. The van der Waals surface area contributed by atoms with Gasteiger partial charge in [0.15, 0.2) is 5.96 Å². The summed E-state index contributed by atoms with van der Waals surface area (Å²) in [5.41, 5.74) is 2.26. The Morgan fingerprint density at radius 2 is 2.19 bits per heavy atom. The van der Waals surface area contributed by atoms with E-state index in [2.05, 4.69) is 21.3 Å². The molecule has 0 aliphatic carbocycles. The van der Waals surface area contributed by atoms with Crippen LogP contribution in [0.1, 0.15) is 5.56 Å². The van der Waals surface area contributed by atoms with E-state index in [0.29, 0.717) is 19.8 Å². The molecule has 2 aliphatic heterocycles. The summed E-state index contributed by atoms with van der Waals surface area (Å²) in [6, 6.07) is 8.08. The summed E-state index contributed by atoms with van der Waals surface area (Å²) >= 11 is 0. The fourth-order valence-electron chi connectivity index (χ4n) is 3.38. The van der Waals surface area contributed by atoms with Gasteiger partial charge in [0.2, 0.25) is 5.91 Å². The van der Waals surface area contributed by atoms with Gasteiger partial charge in [0.25, 0.3) is 0 Å². The number of nitrogens with zero attached hydrogens (tertiary/aromatic N) is 3. The number of amides is 1. The highest BCUT2D eigenvalue weighted by molar-refractivity contribution is 14.0. The summed E-state index contributed by atoms with van der Waals surface area (Å²) in [5.74, 6) is 0.790. The fourth-order valence-corrected chi connectivity index (χ4v) is 3.38. The summed E-state index contributed by atoms with van der Waals surface area (Å²) < 4.78 is 10.8. The standard InChI is InChI=1S/C18H26N4O3.HI/c1-19-18(21-9-10-25-15(12-21)13-24-2)20-11-17(23)22-8-7-14-5-3-4-6-16(14)22;/h3-6,15H,7-13H2,1-2H3,(H,19,20);1H. The largest absolute Gasteiger partial charge is 0.382 e. The Morgan fingerprint density at radius 3 is 2.96 bits per heavy atom. The van der Waals surface area contributed by atoms with E-state index in [1.165, 1.54) is 5.56 Å². The molecule has 144 valence electrons. The van der Waals surface area contributed by atoms with Gasteiger partial charge in [-0.3, -0.25) is 9.79 Å². The van der Waals surface area contributed by atoms with E-state index in [1.807, 2.05) is 23.1 Å². The zero-order valence-electron chi connectivity index (χ0n) is 15.3. The number of aliphatic imine (C=N–C) groups is 1. The first-order valence-electron chi connectivity index (χ1n) is 8.67. The van der Waals surface area contributed by atoms with E-state index in [4.69, 9.17) is 9.47 Å². The minimum atomic E-state index is 0. The number of para-hydroxylation sites is 1. The summed E-state index contributed by atoms with van der Waals surface area (Å²) in [4.78, 5) is 20.9. The highest BCUT2D eigenvalue weighted by atomic mass is 127. The number of morpholine rings is 1. The molecule has 1 amide bonds. The summed E-state index contributed by atoms with van der Waals surface area (Å²) in [6.07, 6.45) is 0.942. The van der Waals surface area contributed by atoms with E-state index in [0.717, 1.165) is 31.2 Å². The molecule has 2 aliphatic rings. The first kappa shape index (κ1) is 20.9. The molecule has 7 nitrogen and oxygen atoms in total. The molecule has 3 rings (SSSR count). The Kier molecular flexibility index (Phi) is 8.11. The van der Waals surface area contributed by atoms with Crippen molar-refractivity contribution in [1.82, 2.24) is 10.2 Å². The van der Waals surface area contributed by atoms with Crippen molar-refractivity contribution in [1.29, 1.82) is 0 Å². The monoisotopic (exact) mass is 474 g/mol. The summed E-state index contributed by atoms with van der Waals surface area (Å²) in [5, 5.41) is 3.20. The van der Waals surface area contributed by atoms with Gasteiger partial charge >= 0.3 is 0 Å². The number of hydrogen-bond donors (Lipinski definition) is 1. The van der Waals surface area contributed by atoms with Crippen LogP contribution in [0.2, 0.25) is 0 Å². The molecular weight excluding hydrogens is 447 g/mol. The second-order valence-electron chi connectivity index (χ2n) is 6.22. The topological polar surface area (TPSA) is 66.4 Å². The molecule has 0 aromatic heterocycles. The van der Waals surface area contributed by atoms with Gasteiger partial charge < -0.3 is 24.6 Å². The number of ether oxygens (including phenoxy) is 2. The normalized spacial score (nSPS) is 19.8. The predicted octanol–water partition coefficient (Wildman–Crippen LogP) is 1.12. The third-order valence-corrected chi connectivity index (χ3v) is 4.59. The Labute approximate surface area is 171 Å². The molecule has 0 radical (unpaired) electrons. The number of guanidine groups is 1. The molecule has 2 heterocycles. The molecule has 1 N–H and O–H groups in total. The maximum absolute atomic E-state index is 12.6. The van der Waals surface area contributed by atoms with E-state index >= 15 is 0 Å². The van der Waals surface area contributed by atoms with Gasteiger partial charge in [-0.05, 0) is 18.1 Å². The molecule has 1 unspecified atom stereocenters. The van der Waals surface area contributed by atoms with Crippen molar-refractivity contribution in [2.75, 3.05) is 58.5 Å². The molecule has 26 heavy (non-hydrogen) atoms. The first-order valence-corrected chi connectivity index (χ1v) is 8.67. The highest BCUT2D eigenvalue weighted by Gasteiger charge is 2.26. The van der Waals surface area contributed by atoms with E-state index in [-0.39, 0.29) is 42.5 Å². The van der Waals surface area contributed by atoms with Crippen LogP contribution in [0.15, 0.2) is 29.3 Å². The van der Waals surface area contributed by atoms with Crippen LogP contribution in [-0.4, -0.2) is 76.4 Å². The van der Waals surface area contributed by atoms with Gasteiger partial charge in [-0.15, -0.1) is 24.0 Å². The molecule has 1 fully saturated rings. The molecular formula is C18H27IN4O3. The number of hydrogen-bond acceptors (Lipinski definition) is 4. The van der Waals surface area contributed by atoms with Crippen LogP contribution >= 0.6 is 24.0 Å². The number of rotatable bonds is 4. The Balaban J connectivity index is 0.00000243. The number of carbonyl (C=O) groups is 1. The number of anilines is 1. The van der Waals surface area contributed by atoms with Crippen LogP contribution in [0.3, 0.4) is 0 Å². The van der Waals surface area contributed by atoms with Crippen molar-refractivity contribution in [2.24, 2.45) is 4.99 Å². The number of benzene rings is 1. The van der Waals surface area contributed by atoms with E-state index < -0.39 is 0 Å². The Bertz CT molecular complexity index is 639. The van der Waals surface area contributed by atoms with Crippen LogP contribution in [-0.2, 0) is 20.7 Å². The second kappa shape index (κ2) is 10.1. The van der Waals surface area contributed by atoms with E-state index in [9.17, 15) is 4.79 Å². The first-order chi connectivity index (χ1) is 12.2. The van der Waals surface area contributed by atoms with Crippen molar-refractivity contribution >= 4 is 41.5 Å². The van der Waals surface area contributed by atoms with Crippen LogP contribution < -0.4 is 10.2 Å². The van der Waals surface area contributed by atoms with Crippen molar-refractivity contribution in [3.05, 3.63) is 29.8 Å². The molecule has 0 bridgehead atoms. The van der Waals surface area contributed by atoms with Crippen molar-refractivity contribution < 1.29 is 14.3 Å². The molecule has 8 heteroatoms. The predicted molar refractivity (Wildman–Crippen MR) is 112 cm³/mol. The summed E-state index contributed by atoms with van der Waals surface area (Å²) in [7, 11) is 3.40. The molecule has 1 aromatic carbocycles. The van der Waals surface area contributed by atoms with Crippen molar-refractivity contribution in [2.45, 2.75) is 12.5 Å². The van der Waals surface area contributed by atoms with Crippen LogP contribution in [0.5, 0.6) is 0 Å². The van der Waals surface area contributed by atoms with Crippen molar-refractivity contribution in [3.8, 4) is 0 Å². The lowest BCUT2D eigenvalue weighted by molar-refractivity contribution is -0.117. The lowest BCUT2D eigenvalue weighted by Gasteiger charge is -2.34. The minimum absolute atomic E-state index is 0. The molecule has 0 saturated carbocycles. The average Bonchev–Trinajstić information content (AvgIpc) is 3.07. The van der Waals surface area contributed by atoms with Gasteiger partial charge in [0.1, 0.15) is 0 Å². The van der Waals surface area contributed by atoms with Crippen LogP contribution in [0.25, 0.3) is 0 Å². The number of methoxy groups -OCH3 is 1. The SMILES string of the molecule is CN=C(NCC(=O)N1CCc2ccccc21)N1CCOC(COC)C1.I. The lowest BCUT2D eigenvalue weighted by Crippen LogP contribution is -2.53. The maximum Gasteiger partial charge on any atom is 0.246 e. The van der Waals surface area contributed by atoms with Gasteiger partial charge in [-0.25, -0.2) is 0 Å². The minimum Gasteiger partial charge on any atom is -0.382 e. The third kappa shape index (κ3) is 4.86. The quantitative estimate of drug-likeness (QED) is 0.403. The number of halogens is 1. The van der Waals surface area contributed by atoms with Gasteiger partial charge in [-0.1, -0.05) is 18.2 Å². The molecule has 1 saturated heterocycles. The van der Waals surface area contributed by atoms with Crippen LogP contribution in [0.4, 0.5) is 5.69 Å². The fraction of sp³-hybridized carbons (Fsp3) is 0.556. The van der Waals surface area contributed by atoms with Gasteiger partial charge in [0, 0.05) is 39.5 Å². The summed E-state index contributed by atoms with van der Waals surface area (Å²) in [6.45, 7) is 3.60. The van der Waals surface area contributed by atoms with Crippen LogP contribution in [0, 0.1) is 0 Å². The molecule has 0 spiro atoms. The Hall–Kier alpha value is -1.39. The average molecular weight is 474 g/mol. The van der Waals surface area contributed by atoms with Gasteiger partial charge in [0.05, 0.1) is 25.9 Å². The molecule has 1 atom stereocenters. The second-order valence-corrected chi connectivity index (χ2v) is 6.22. The van der Waals surface area contributed by atoms with Gasteiger partial charge in [-0.2, -0.15) is 0 Å². The van der Waals surface area contributed by atoms with E-state index in [1.54, 1.807) is 14.2 Å². The van der Waals surface area contributed by atoms with Crippen molar-refractivity contribution in [3.63, 3.8) is 0 Å². The number of fused-ring (bicyclic) bond motifs is 1. The lowest BCUT2D eigenvalue weighted by atomic mass is 10.2.